The third-order valence-corrected chi connectivity index (χ3v) is 5.23. The van der Waals surface area contributed by atoms with E-state index < -0.39 is 5.63 Å². The van der Waals surface area contributed by atoms with Crippen LogP contribution in [0.2, 0.25) is 0 Å². The Morgan fingerprint density at radius 2 is 1.94 bits per heavy atom. The number of anilines is 1. The van der Waals surface area contributed by atoms with E-state index in [0.717, 1.165) is 40.6 Å². The molecule has 0 spiro atoms. The average Bonchev–Trinajstić information content (AvgIpc) is 2.74. The first-order valence-electron chi connectivity index (χ1n) is 10.4. The number of amides is 1. The molecule has 0 atom stereocenters. The standard InChI is InChI=1S/C25H26N2O4/c1-4-6-19-14-25(29)31-23-15-21(9-10-22(19)23)30-16-24(28)27(12-5-11-26)20-8-7-17(2)18(3)13-20/h7-10,13-15H,4-6,12,16H2,1-3H3. The van der Waals surface area contributed by atoms with Crippen molar-refractivity contribution in [1.29, 1.82) is 5.26 Å². The van der Waals surface area contributed by atoms with Gasteiger partial charge < -0.3 is 14.1 Å². The van der Waals surface area contributed by atoms with Crippen molar-refractivity contribution in [3.8, 4) is 11.8 Å². The van der Waals surface area contributed by atoms with Crippen LogP contribution in [0.5, 0.6) is 5.75 Å². The fourth-order valence-electron chi connectivity index (χ4n) is 3.45. The molecule has 3 rings (SSSR count). The molecule has 1 aromatic heterocycles. The summed E-state index contributed by atoms with van der Waals surface area (Å²) in [6.07, 6.45) is 1.92. The van der Waals surface area contributed by atoms with E-state index in [1.54, 1.807) is 17.0 Å². The molecule has 160 valence electrons. The number of ether oxygens (including phenoxy) is 1. The van der Waals surface area contributed by atoms with Gasteiger partial charge in [-0.05, 0) is 61.2 Å². The Labute approximate surface area is 181 Å². The number of benzene rings is 2. The van der Waals surface area contributed by atoms with Crippen molar-refractivity contribution >= 4 is 22.6 Å². The van der Waals surface area contributed by atoms with Crippen molar-refractivity contribution in [3.05, 3.63) is 69.6 Å². The van der Waals surface area contributed by atoms with Gasteiger partial charge in [0.15, 0.2) is 6.61 Å². The lowest BCUT2D eigenvalue weighted by Gasteiger charge is -2.23. The highest BCUT2D eigenvalue weighted by Crippen LogP contribution is 2.24. The van der Waals surface area contributed by atoms with Crippen LogP contribution in [0.15, 0.2) is 51.7 Å². The minimum Gasteiger partial charge on any atom is -0.484 e. The summed E-state index contributed by atoms with van der Waals surface area (Å²) in [5.74, 6) is 0.192. The monoisotopic (exact) mass is 418 g/mol. The molecule has 0 fully saturated rings. The molecular formula is C25H26N2O4. The van der Waals surface area contributed by atoms with Crippen LogP contribution in [0.3, 0.4) is 0 Å². The molecule has 2 aromatic carbocycles. The minimum absolute atomic E-state index is 0.192. The van der Waals surface area contributed by atoms with Crippen molar-refractivity contribution in [2.24, 2.45) is 0 Å². The predicted octanol–water partition coefficient (Wildman–Crippen LogP) is 4.69. The lowest BCUT2D eigenvalue weighted by Crippen LogP contribution is -2.35. The van der Waals surface area contributed by atoms with Gasteiger partial charge in [-0.3, -0.25) is 4.79 Å². The second-order valence-corrected chi connectivity index (χ2v) is 7.51. The number of carbonyl (C=O) groups excluding carboxylic acids is 1. The number of hydrogen-bond acceptors (Lipinski definition) is 5. The molecule has 0 radical (unpaired) electrons. The highest BCUT2D eigenvalue weighted by atomic mass is 16.5. The second-order valence-electron chi connectivity index (χ2n) is 7.51. The molecule has 31 heavy (non-hydrogen) atoms. The zero-order chi connectivity index (χ0) is 22.4. The molecule has 0 aliphatic rings. The number of fused-ring (bicyclic) bond motifs is 1. The number of nitriles is 1. The van der Waals surface area contributed by atoms with E-state index in [0.29, 0.717) is 11.3 Å². The van der Waals surface area contributed by atoms with Crippen LogP contribution in [0, 0.1) is 25.2 Å². The van der Waals surface area contributed by atoms with Crippen molar-refractivity contribution in [2.75, 3.05) is 18.1 Å². The molecule has 0 saturated carbocycles. The fourth-order valence-corrected chi connectivity index (χ4v) is 3.45. The molecular weight excluding hydrogens is 392 g/mol. The topological polar surface area (TPSA) is 83.5 Å². The third-order valence-electron chi connectivity index (χ3n) is 5.23. The zero-order valence-electron chi connectivity index (χ0n) is 18.1. The summed E-state index contributed by atoms with van der Waals surface area (Å²) in [5, 5.41) is 9.85. The number of aryl methyl sites for hydroxylation is 3. The summed E-state index contributed by atoms with van der Waals surface area (Å²) >= 11 is 0. The van der Waals surface area contributed by atoms with Gasteiger partial charge >= 0.3 is 5.63 Å². The SMILES string of the molecule is CCCc1cc(=O)oc2cc(OCC(=O)N(CCC#N)c3ccc(C)c(C)c3)ccc12. The van der Waals surface area contributed by atoms with E-state index in [9.17, 15) is 9.59 Å². The second kappa shape index (κ2) is 9.94. The van der Waals surface area contributed by atoms with Gasteiger partial charge in [0, 0.05) is 29.8 Å². The van der Waals surface area contributed by atoms with E-state index in [4.69, 9.17) is 14.4 Å². The molecule has 0 aliphatic carbocycles. The molecule has 1 heterocycles. The summed E-state index contributed by atoms with van der Waals surface area (Å²) in [6.45, 7) is 6.14. The van der Waals surface area contributed by atoms with Crippen LogP contribution in [0.4, 0.5) is 5.69 Å². The van der Waals surface area contributed by atoms with E-state index in [1.165, 1.54) is 6.07 Å². The molecule has 0 unspecified atom stereocenters. The van der Waals surface area contributed by atoms with Crippen LogP contribution >= 0.6 is 0 Å². The van der Waals surface area contributed by atoms with Crippen LogP contribution in [0.1, 0.15) is 36.5 Å². The average molecular weight is 418 g/mol. The van der Waals surface area contributed by atoms with Crippen LogP contribution in [-0.4, -0.2) is 19.1 Å². The highest BCUT2D eigenvalue weighted by molar-refractivity contribution is 5.94. The molecule has 0 saturated heterocycles. The first kappa shape index (κ1) is 22.1. The summed E-state index contributed by atoms with van der Waals surface area (Å²) in [6, 6.07) is 14.6. The lowest BCUT2D eigenvalue weighted by atomic mass is 10.1. The first-order valence-corrected chi connectivity index (χ1v) is 10.4. The molecule has 0 aliphatic heterocycles. The fraction of sp³-hybridized carbons (Fsp3) is 0.320. The van der Waals surface area contributed by atoms with Gasteiger partial charge in [0.2, 0.25) is 0 Å². The normalized spacial score (nSPS) is 10.6. The van der Waals surface area contributed by atoms with Crippen LogP contribution in [0.25, 0.3) is 11.0 Å². The molecule has 1 amide bonds. The van der Waals surface area contributed by atoms with E-state index in [2.05, 4.69) is 13.0 Å². The van der Waals surface area contributed by atoms with Crippen molar-refractivity contribution in [2.45, 2.75) is 40.0 Å². The largest absolute Gasteiger partial charge is 0.484 e. The Hall–Kier alpha value is -3.59. The van der Waals surface area contributed by atoms with Gasteiger partial charge in [-0.2, -0.15) is 5.26 Å². The van der Waals surface area contributed by atoms with Gasteiger partial charge in [-0.1, -0.05) is 19.4 Å². The Morgan fingerprint density at radius 1 is 1.13 bits per heavy atom. The van der Waals surface area contributed by atoms with E-state index >= 15 is 0 Å². The maximum atomic E-state index is 12.9. The van der Waals surface area contributed by atoms with Crippen LogP contribution < -0.4 is 15.3 Å². The summed E-state index contributed by atoms with van der Waals surface area (Å²) in [7, 11) is 0. The summed E-state index contributed by atoms with van der Waals surface area (Å²) in [5.41, 5.74) is 3.92. The Kier molecular flexibility index (Phi) is 7.09. The Balaban J connectivity index is 1.79. The number of hydrogen-bond donors (Lipinski definition) is 0. The smallest absolute Gasteiger partial charge is 0.336 e. The Bertz CT molecular complexity index is 1190. The van der Waals surface area contributed by atoms with Crippen molar-refractivity contribution in [1.82, 2.24) is 0 Å². The molecule has 6 nitrogen and oxygen atoms in total. The minimum atomic E-state index is -0.401. The zero-order valence-corrected chi connectivity index (χ0v) is 18.1. The molecule has 6 heteroatoms. The van der Waals surface area contributed by atoms with Crippen LogP contribution in [-0.2, 0) is 11.2 Å². The summed E-state index contributed by atoms with van der Waals surface area (Å²) < 4.78 is 11.0. The number of carbonyl (C=O) groups is 1. The predicted molar refractivity (Wildman–Crippen MR) is 120 cm³/mol. The third kappa shape index (κ3) is 5.32. The number of nitrogens with zero attached hydrogens (tertiary/aromatic N) is 2. The van der Waals surface area contributed by atoms with Gasteiger partial charge in [0.1, 0.15) is 11.3 Å². The maximum Gasteiger partial charge on any atom is 0.336 e. The highest BCUT2D eigenvalue weighted by Gasteiger charge is 2.17. The molecule has 0 N–H and O–H groups in total. The van der Waals surface area contributed by atoms with E-state index in [-0.39, 0.29) is 25.5 Å². The van der Waals surface area contributed by atoms with Gasteiger partial charge in [0.05, 0.1) is 12.5 Å². The van der Waals surface area contributed by atoms with Gasteiger partial charge in [-0.25, -0.2) is 4.79 Å². The quantitative estimate of drug-likeness (QED) is 0.496. The van der Waals surface area contributed by atoms with E-state index in [1.807, 2.05) is 38.1 Å². The van der Waals surface area contributed by atoms with Gasteiger partial charge in [-0.15, -0.1) is 0 Å². The molecule has 3 aromatic rings. The lowest BCUT2D eigenvalue weighted by molar-refractivity contribution is -0.120. The summed E-state index contributed by atoms with van der Waals surface area (Å²) in [4.78, 5) is 26.3. The maximum absolute atomic E-state index is 12.9. The Morgan fingerprint density at radius 3 is 2.65 bits per heavy atom. The van der Waals surface area contributed by atoms with Crippen molar-refractivity contribution in [3.63, 3.8) is 0 Å². The van der Waals surface area contributed by atoms with Gasteiger partial charge in [0.25, 0.3) is 5.91 Å². The van der Waals surface area contributed by atoms with Crippen molar-refractivity contribution < 1.29 is 13.9 Å². The number of rotatable bonds is 8. The molecule has 0 bridgehead atoms. The first-order chi connectivity index (χ1) is 14.9.